The summed E-state index contributed by atoms with van der Waals surface area (Å²) in [5.74, 6) is 0.448. The van der Waals surface area contributed by atoms with Crippen molar-refractivity contribution in [3.63, 3.8) is 0 Å². The van der Waals surface area contributed by atoms with Gasteiger partial charge < -0.3 is 10.5 Å². The van der Waals surface area contributed by atoms with Crippen LogP contribution in [0.4, 0.5) is 4.39 Å². The molecule has 0 spiro atoms. The van der Waals surface area contributed by atoms with Crippen molar-refractivity contribution in [2.75, 3.05) is 6.61 Å². The van der Waals surface area contributed by atoms with Gasteiger partial charge in [-0.2, -0.15) is 0 Å². The lowest BCUT2D eigenvalue weighted by molar-refractivity contribution is 0.294. The summed E-state index contributed by atoms with van der Waals surface area (Å²) in [6, 6.07) is 4.43. The van der Waals surface area contributed by atoms with E-state index in [0.717, 1.165) is 5.56 Å². The number of aryl methyl sites for hydroxylation is 1. The van der Waals surface area contributed by atoms with E-state index in [0.29, 0.717) is 12.4 Å². The monoisotopic (exact) mass is 183 g/mol. The summed E-state index contributed by atoms with van der Waals surface area (Å²) in [6.07, 6.45) is 0. The van der Waals surface area contributed by atoms with Gasteiger partial charge in [-0.15, -0.1) is 0 Å². The van der Waals surface area contributed by atoms with Crippen LogP contribution in [-0.4, -0.2) is 12.6 Å². The number of nitrogens with two attached hydrogens (primary N) is 1. The Morgan fingerprint density at radius 2 is 2.23 bits per heavy atom. The Balaban J connectivity index is 2.67. The summed E-state index contributed by atoms with van der Waals surface area (Å²) in [5.41, 5.74) is 6.31. The molecule has 1 aromatic carbocycles. The van der Waals surface area contributed by atoms with E-state index in [1.807, 2.05) is 6.92 Å². The second-order valence-corrected chi connectivity index (χ2v) is 3.20. The molecule has 13 heavy (non-hydrogen) atoms. The molecule has 1 rings (SSSR count). The minimum atomic E-state index is -0.245. The lowest BCUT2D eigenvalue weighted by atomic mass is 10.2. The summed E-state index contributed by atoms with van der Waals surface area (Å²) in [6.45, 7) is 4.12. The fraction of sp³-hybridized carbons (Fsp3) is 0.400. The van der Waals surface area contributed by atoms with E-state index >= 15 is 0 Å². The van der Waals surface area contributed by atoms with Crippen LogP contribution in [0, 0.1) is 12.7 Å². The first-order valence-electron chi connectivity index (χ1n) is 4.24. The summed E-state index contributed by atoms with van der Waals surface area (Å²) in [5, 5.41) is 0. The Morgan fingerprint density at radius 3 is 2.77 bits per heavy atom. The molecule has 2 nitrogen and oxygen atoms in total. The van der Waals surface area contributed by atoms with Crippen molar-refractivity contribution in [2.45, 2.75) is 19.9 Å². The smallest absolute Gasteiger partial charge is 0.123 e. The zero-order chi connectivity index (χ0) is 9.84. The van der Waals surface area contributed by atoms with Crippen LogP contribution >= 0.6 is 0 Å². The molecule has 0 aliphatic carbocycles. The van der Waals surface area contributed by atoms with Gasteiger partial charge in [-0.25, -0.2) is 4.39 Å². The van der Waals surface area contributed by atoms with E-state index in [2.05, 4.69) is 0 Å². The van der Waals surface area contributed by atoms with Gasteiger partial charge in [0, 0.05) is 6.04 Å². The fourth-order valence-corrected chi connectivity index (χ4v) is 0.996. The van der Waals surface area contributed by atoms with Crippen molar-refractivity contribution in [1.29, 1.82) is 0 Å². The first kappa shape index (κ1) is 9.99. The van der Waals surface area contributed by atoms with E-state index in [-0.39, 0.29) is 11.9 Å². The molecule has 0 fully saturated rings. The second kappa shape index (κ2) is 4.23. The maximum absolute atomic E-state index is 12.7. The molecule has 0 saturated heterocycles. The Morgan fingerprint density at radius 1 is 1.54 bits per heavy atom. The quantitative estimate of drug-likeness (QED) is 0.776. The van der Waals surface area contributed by atoms with Crippen LogP contribution in [0.1, 0.15) is 12.5 Å². The van der Waals surface area contributed by atoms with Crippen molar-refractivity contribution in [3.05, 3.63) is 29.6 Å². The maximum Gasteiger partial charge on any atom is 0.123 e. The van der Waals surface area contributed by atoms with Crippen LogP contribution in [0.5, 0.6) is 5.75 Å². The lowest BCUT2D eigenvalue weighted by Crippen LogP contribution is -2.23. The highest BCUT2D eigenvalue weighted by molar-refractivity contribution is 5.32. The highest BCUT2D eigenvalue weighted by Gasteiger charge is 2.01. The molecule has 0 aromatic heterocycles. The van der Waals surface area contributed by atoms with Gasteiger partial charge in [0.05, 0.1) is 0 Å². The SMILES string of the molecule is Cc1cc(F)ccc1OC[C@@H](C)N. The predicted octanol–water partition coefficient (Wildman–Crippen LogP) is 1.86. The summed E-state index contributed by atoms with van der Waals surface area (Å²) < 4.78 is 18.0. The van der Waals surface area contributed by atoms with Crippen molar-refractivity contribution in [1.82, 2.24) is 0 Å². The Hall–Kier alpha value is -1.09. The molecule has 0 unspecified atom stereocenters. The van der Waals surface area contributed by atoms with Gasteiger partial charge in [0.2, 0.25) is 0 Å². The Labute approximate surface area is 77.5 Å². The van der Waals surface area contributed by atoms with Crippen LogP contribution in [0.25, 0.3) is 0 Å². The molecule has 0 bridgehead atoms. The third-order valence-electron chi connectivity index (χ3n) is 1.64. The molecule has 0 aliphatic heterocycles. The van der Waals surface area contributed by atoms with Gasteiger partial charge in [0.1, 0.15) is 18.2 Å². The van der Waals surface area contributed by atoms with Gasteiger partial charge in [-0.1, -0.05) is 0 Å². The molecular formula is C10H14FNO. The minimum Gasteiger partial charge on any atom is -0.492 e. The summed E-state index contributed by atoms with van der Waals surface area (Å²) in [7, 11) is 0. The molecule has 0 saturated carbocycles. The van der Waals surface area contributed by atoms with Crippen LogP contribution in [0.2, 0.25) is 0 Å². The van der Waals surface area contributed by atoms with Gasteiger partial charge in [-0.3, -0.25) is 0 Å². The Bertz CT molecular complexity index is 286. The van der Waals surface area contributed by atoms with E-state index in [1.54, 1.807) is 13.0 Å². The topological polar surface area (TPSA) is 35.2 Å². The van der Waals surface area contributed by atoms with Gasteiger partial charge in [-0.05, 0) is 37.6 Å². The largest absolute Gasteiger partial charge is 0.492 e. The molecule has 3 heteroatoms. The number of ether oxygens (including phenoxy) is 1. The highest BCUT2D eigenvalue weighted by Crippen LogP contribution is 2.18. The average molecular weight is 183 g/mol. The minimum absolute atomic E-state index is 0.00977. The van der Waals surface area contributed by atoms with Crippen molar-refractivity contribution in [3.8, 4) is 5.75 Å². The molecule has 0 aliphatic rings. The number of halogens is 1. The first-order valence-corrected chi connectivity index (χ1v) is 4.24. The van der Waals surface area contributed by atoms with Gasteiger partial charge in [0.15, 0.2) is 0 Å². The molecular weight excluding hydrogens is 169 g/mol. The van der Waals surface area contributed by atoms with Crippen LogP contribution in [-0.2, 0) is 0 Å². The summed E-state index contributed by atoms with van der Waals surface area (Å²) in [4.78, 5) is 0. The highest BCUT2D eigenvalue weighted by atomic mass is 19.1. The molecule has 2 N–H and O–H groups in total. The van der Waals surface area contributed by atoms with E-state index in [9.17, 15) is 4.39 Å². The fourth-order valence-electron chi connectivity index (χ4n) is 0.996. The number of hydrogen-bond acceptors (Lipinski definition) is 2. The molecule has 1 aromatic rings. The van der Waals surface area contributed by atoms with Gasteiger partial charge in [0.25, 0.3) is 0 Å². The average Bonchev–Trinajstić information content (AvgIpc) is 2.02. The van der Waals surface area contributed by atoms with Gasteiger partial charge >= 0.3 is 0 Å². The predicted molar refractivity (Wildman–Crippen MR) is 50.3 cm³/mol. The number of rotatable bonds is 3. The van der Waals surface area contributed by atoms with Crippen molar-refractivity contribution >= 4 is 0 Å². The molecule has 1 atom stereocenters. The van der Waals surface area contributed by atoms with Crippen LogP contribution in [0.3, 0.4) is 0 Å². The third-order valence-corrected chi connectivity index (χ3v) is 1.64. The maximum atomic E-state index is 12.7. The Kier molecular flexibility index (Phi) is 3.25. The van der Waals surface area contributed by atoms with Crippen LogP contribution in [0.15, 0.2) is 18.2 Å². The molecule has 0 heterocycles. The number of hydrogen-bond donors (Lipinski definition) is 1. The lowest BCUT2D eigenvalue weighted by Gasteiger charge is -2.10. The van der Waals surface area contributed by atoms with E-state index in [4.69, 9.17) is 10.5 Å². The molecule has 0 amide bonds. The number of benzene rings is 1. The normalized spacial score (nSPS) is 12.6. The first-order chi connectivity index (χ1) is 6.09. The van der Waals surface area contributed by atoms with Crippen molar-refractivity contribution in [2.24, 2.45) is 5.73 Å². The summed E-state index contributed by atoms with van der Waals surface area (Å²) >= 11 is 0. The second-order valence-electron chi connectivity index (χ2n) is 3.20. The molecule has 0 radical (unpaired) electrons. The third kappa shape index (κ3) is 3.03. The van der Waals surface area contributed by atoms with Crippen molar-refractivity contribution < 1.29 is 9.13 Å². The standard InChI is InChI=1S/C10H14FNO/c1-7-5-9(11)3-4-10(7)13-6-8(2)12/h3-5,8H,6,12H2,1-2H3/t8-/m1/s1. The van der Waals surface area contributed by atoms with E-state index < -0.39 is 0 Å². The van der Waals surface area contributed by atoms with E-state index in [1.165, 1.54) is 12.1 Å². The molecule has 72 valence electrons. The zero-order valence-corrected chi connectivity index (χ0v) is 7.88. The van der Waals surface area contributed by atoms with Crippen LogP contribution < -0.4 is 10.5 Å². The zero-order valence-electron chi connectivity index (χ0n) is 7.88.